The van der Waals surface area contributed by atoms with Crippen LogP contribution in [-0.4, -0.2) is 32.2 Å². The zero-order chi connectivity index (χ0) is 11.5. The molecule has 5 nitrogen and oxygen atoms in total. The zero-order valence-corrected chi connectivity index (χ0v) is 10.1. The van der Waals surface area contributed by atoms with Crippen molar-refractivity contribution in [3.05, 3.63) is 0 Å². The Kier molecular flexibility index (Phi) is 4.11. The fraction of sp³-hybridized carbons (Fsp3) is 1.00. The first-order valence-corrected chi connectivity index (χ1v) is 6.77. The van der Waals surface area contributed by atoms with Gasteiger partial charge in [-0.05, 0) is 25.2 Å². The third kappa shape index (κ3) is 3.71. The summed E-state index contributed by atoms with van der Waals surface area (Å²) in [6.07, 6.45) is 2.39. The van der Waals surface area contributed by atoms with Gasteiger partial charge in [-0.2, -0.15) is 13.1 Å². The Morgan fingerprint density at radius 3 is 2.33 bits per heavy atom. The van der Waals surface area contributed by atoms with Crippen LogP contribution in [0, 0.1) is 5.92 Å². The van der Waals surface area contributed by atoms with Gasteiger partial charge in [0.2, 0.25) is 0 Å². The summed E-state index contributed by atoms with van der Waals surface area (Å²) in [5.41, 5.74) is -0.608. The van der Waals surface area contributed by atoms with Gasteiger partial charge in [-0.25, -0.2) is 4.72 Å². The van der Waals surface area contributed by atoms with Crippen LogP contribution in [0.2, 0.25) is 0 Å². The van der Waals surface area contributed by atoms with E-state index >= 15 is 0 Å². The van der Waals surface area contributed by atoms with Crippen LogP contribution in [0.3, 0.4) is 0 Å². The first-order valence-electron chi connectivity index (χ1n) is 5.28. The lowest BCUT2D eigenvalue weighted by Crippen LogP contribution is -2.58. The van der Waals surface area contributed by atoms with Crippen molar-refractivity contribution in [1.82, 2.24) is 9.44 Å². The Bertz CT molecular complexity index is 291. The highest BCUT2D eigenvalue weighted by Crippen LogP contribution is 2.31. The van der Waals surface area contributed by atoms with E-state index in [1.807, 2.05) is 13.8 Å². The Labute approximate surface area is 91.4 Å². The van der Waals surface area contributed by atoms with Crippen molar-refractivity contribution in [2.24, 2.45) is 5.92 Å². The molecule has 0 aliphatic heterocycles. The summed E-state index contributed by atoms with van der Waals surface area (Å²) < 4.78 is 28.1. The maximum atomic E-state index is 11.6. The Balaban J connectivity index is 2.48. The van der Waals surface area contributed by atoms with E-state index in [0.29, 0.717) is 19.4 Å². The van der Waals surface area contributed by atoms with Crippen LogP contribution in [0.5, 0.6) is 0 Å². The van der Waals surface area contributed by atoms with E-state index in [4.69, 9.17) is 5.11 Å². The standard InChI is InChI=1S/C9H20N2O3S/c1-8(2)6-10-15(13,14)11-9(7-12)4-3-5-9/h8,10-12H,3-7H2,1-2H3. The maximum absolute atomic E-state index is 11.6. The molecule has 15 heavy (non-hydrogen) atoms. The van der Waals surface area contributed by atoms with Gasteiger partial charge >= 0.3 is 0 Å². The third-order valence-corrected chi connectivity index (χ3v) is 3.89. The van der Waals surface area contributed by atoms with Gasteiger partial charge in [0.05, 0.1) is 12.1 Å². The van der Waals surface area contributed by atoms with Gasteiger partial charge in [0.25, 0.3) is 10.2 Å². The molecule has 1 aliphatic rings. The van der Waals surface area contributed by atoms with E-state index in [0.717, 1.165) is 6.42 Å². The van der Waals surface area contributed by atoms with E-state index < -0.39 is 15.7 Å². The lowest BCUT2D eigenvalue weighted by atomic mass is 9.78. The molecule has 0 aromatic rings. The number of hydrogen-bond acceptors (Lipinski definition) is 3. The molecule has 3 N–H and O–H groups in total. The molecule has 1 saturated carbocycles. The Hall–Kier alpha value is -0.170. The van der Waals surface area contributed by atoms with Crippen LogP contribution >= 0.6 is 0 Å². The van der Waals surface area contributed by atoms with Crippen molar-refractivity contribution in [3.8, 4) is 0 Å². The summed E-state index contributed by atoms with van der Waals surface area (Å²) in [5, 5.41) is 9.12. The predicted molar refractivity (Wildman–Crippen MR) is 58.6 cm³/mol. The second kappa shape index (κ2) is 4.78. The molecule has 0 aromatic carbocycles. The van der Waals surface area contributed by atoms with E-state index in [9.17, 15) is 8.42 Å². The minimum atomic E-state index is -3.47. The average Bonchev–Trinajstić information content (AvgIpc) is 2.09. The van der Waals surface area contributed by atoms with Crippen LogP contribution < -0.4 is 9.44 Å². The smallest absolute Gasteiger partial charge is 0.277 e. The zero-order valence-electron chi connectivity index (χ0n) is 9.28. The minimum absolute atomic E-state index is 0.129. The van der Waals surface area contributed by atoms with Gasteiger partial charge < -0.3 is 5.11 Å². The van der Waals surface area contributed by atoms with Crippen molar-refractivity contribution in [2.75, 3.05) is 13.2 Å². The van der Waals surface area contributed by atoms with E-state index in [2.05, 4.69) is 9.44 Å². The number of rotatable bonds is 6. The van der Waals surface area contributed by atoms with Crippen LogP contribution in [0.1, 0.15) is 33.1 Å². The minimum Gasteiger partial charge on any atom is -0.394 e. The van der Waals surface area contributed by atoms with Crippen molar-refractivity contribution >= 4 is 10.2 Å². The molecule has 0 spiro atoms. The molecule has 0 aromatic heterocycles. The monoisotopic (exact) mass is 236 g/mol. The van der Waals surface area contributed by atoms with Crippen LogP contribution in [-0.2, 0) is 10.2 Å². The normalized spacial score (nSPS) is 20.3. The summed E-state index contributed by atoms with van der Waals surface area (Å²) in [5.74, 6) is 0.271. The second-order valence-electron chi connectivity index (χ2n) is 4.64. The summed E-state index contributed by atoms with van der Waals surface area (Å²) in [4.78, 5) is 0. The topological polar surface area (TPSA) is 78.4 Å². The Morgan fingerprint density at radius 2 is 2.00 bits per heavy atom. The van der Waals surface area contributed by atoms with E-state index in [1.54, 1.807) is 0 Å². The molecule has 0 unspecified atom stereocenters. The molecule has 1 aliphatic carbocycles. The van der Waals surface area contributed by atoms with Gasteiger partial charge in [-0.1, -0.05) is 13.8 Å². The quantitative estimate of drug-likeness (QED) is 0.606. The van der Waals surface area contributed by atoms with E-state index in [1.165, 1.54) is 0 Å². The third-order valence-electron chi connectivity index (χ3n) is 2.65. The lowest BCUT2D eigenvalue weighted by molar-refractivity contribution is 0.110. The van der Waals surface area contributed by atoms with Gasteiger partial charge in [0.15, 0.2) is 0 Å². The highest BCUT2D eigenvalue weighted by atomic mass is 32.2. The van der Waals surface area contributed by atoms with Crippen molar-refractivity contribution in [3.63, 3.8) is 0 Å². The van der Waals surface area contributed by atoms with Gasteiger partial charge in [-0.3, -0.25) is 0 Å². The molecule has 0 heterocycles. The second-order valence-corrected chi connectivity index (χ2v) is 6.14. The van der Waals surface area contributed by atoms with Crippen molar-refractivity contribution in [1.29, 1.82) is 0 Å². The molecule has 0 bridgehead atoms. The molecule has 0 saturated heterocycles. The van der Waals surface area contributed by atoms with Crippen LogP contribution in [0.4, 0.5) is 0 Å². The number of hydrogen-bond donors (Lipinski definition) is 3. The summed E-state index contributed by atoms with van der Waals surface area (Å²) in [7, 11) is -3.47. The Morgan fingerprint density at radius 1 is 1.40 bits per heavy atom. The van der Waals surface area contributed by atoms with Gasteiger partial charge in [0.1, 0.15) is 0 Å². The SMILES string of the molecule is CC(C)CNS(=O)(=O)NC1(CO)CCC1. The van der Waals surface area contributed by atoms with Crippen LogP contribution in [0.15, 0.2) is 0 Å². The molecule has 0 atom stereocenters. The predicted octanol–water partition coefficient (Wildman–Crippen LogP) is -0.0186. The van der Waals surface area contributed by atoms with Gasteiger partial charge in [0, 0.05) is 6.54 Å². The fourth-order valence-corrected chi connectivity index (χ4v) is 2.96. The summed E-state index contributed by atoms with van der Waals surface area (Å²) >= 11 is 0. The molecule has 0 radical (unpaired) electrons. The molecule has 1 rings (SSSR count). The number of aliphatic hydroxyl groups is 1. The molecular weight excluding hydrogens is 216 g/mol. The summed E-state index contributed by atoms with van der Waals surface area (Å²) in [6.45, 7) is 4.16. The average molecular weight is 236 g/mol. The van der Waals surface area contributed by atoms with E-state index in [-0.39, 0.29) is 12.5 Å². The fourth-order valence-electron chi connectivity index (χ4n) is 1.49. The van der Waals surface area contributed by atoms with Crippen molar-refractivity contribution < 1.29 is 13.5 Å². The molecule has 1 fully saturated rings. The largest absolute Gasteiger partial charge is 0.394 e. The number of nitrogens with one attached hydrogen (secondary N) is 2. The first-order chi connectivity index (χ1) is 6.89. The van der Waals surface area contributed by atoms with Gasteiger partial charge in [-0.15, -0.1) is 0 Å². The highest BCUT2D eigenvalue weighted by Gasteiger charge is 2.39. The van der Waals surface area contributed by atoms with Crippen LogP contribution in [0.25, 0.3) is 0 Å². The first kappa shape index (κ1) is 12.9. The van der Waals surface area contributed by atoms with Crippen molar-refractivity contribution in [2.45, 2.75) is 38.6 Å². The molecule has 0 amide bonds. The molecule has 6 heteroatoms. The molecular formula is C9H20N2O3S. The highest BCUT2D eigenvalue weighted by molar-refractivity contribution is 7.87. The lowest BCUT2D eigenvalue weighted by Gasteiger charge is -2.40. The maximum Gasteiger partial charge on any atom is 0.277 e. The summed E-state index contributed by atoms with van der Waals surface area (Å²) in [6, 6.07) is 0. The number of aliphatic hydroxyl groups excluding tert-OH is 1. The molecule has 90 valence electrons.